The molecule has 3 rings (SSSR count). The van der Waals surface area contributed by atoms with Crippen LogP contribution >= 0.6 is 0 Å². The van der Waals surface area contributed by atoms with Gasteiger partial charge in [0.05, 0.1) is 22.4 Å². The Labute approximate surface area is 154 Å². The number of ether oxygens (including phenoxy) is 1. The van der Waals surface area contributed by atoms with Crippen LogP contribution in [0.2, 0.25) is 0 Å². The van der Waals surface area contributed by atoms with Gasteiger partial charge in [0.25, 0.3) is 5.91 Å². The zero-order valence-corrected chi connectivity index (χ0v) is 15.6. The van der Waals surface area contributed by atoms with E-state index in [9.17, 15) is 17.8 Å². The third-order valence-electron chi connectivity index (χ3n) is 4.88. The molecule has 1 amide bonds. The Morgan fingerprint density at radius 2 is 1.88 bits per heavy atom. The fourth-order valence-electron chi connectivity index (χ4n) is 3.55. The van der Waals surface area contributed by atoms with E-state index in [0.29, 0.717) is 31.7 Å². The molecule has 8 heteroatoms. The maximum absolute atomic E-state index is 12.8. The zero-order chi connectivity index (χ0) is 18.6. The number of piperidine rings is 1. The van der Waals surface area contributed by atoms with Crippen molar-refractivity contribution in [1.29, 1.82) is 0 Å². The van der Waals surface area contributed by atoms with E-state index in [-0.39, 0.29) is 11.7 Å². The predicted molar refractivity (Wildman–Crippen MR) is 97.3 cm³/mol. The summed E-state index contributed by atoms with van der Waals surface area (Å²) in [6.07, 6.45) is 3.56. The maximum Gasteiger partial charge on any atom is 0.265 e. The lowest BCUT2D eigenvalue weighted by Gasteiger charge is -2.38. The van der Waals surface area contributed by atoms with Crippen LogP contribution in [0.5, 0.6) is 5.75 Å². The van der Waals surface area contributed by atoms with Crippen molar-refractivity contribution in [2.24, 2.45) is 0 Å². The van der Waals surface area contributed by atoms with Crippen LogP contribution in [0.1, 0.15) is 32.1 Å². The Balaban J connectivity index is 1.66. The van der Waals surface area contributed by atoms with E-state index < -0.39 is 16.2 Å². The summed E-state index contributed by atoms with van der Waals surface area (Å²) < 4.78 is 38.2. The molecular weight excluding hydrogens is 356 g/mol. The molecule has 1 aromatic rings. The van der Waals surface area contributed by atoms with Gasteiger partial charge in [0.2, 0.25) is 0 Å². The molecule has 0 aliphatic carbocycles. The number of para-hydroxylation sites is 2. The van der Waals surface area contributed by atoms with Gasteiger partial charge in [0.15, 0.2) is 6.10 Å². The average Bonchev–Trinajstić information content (AvgIpc) is 2.64. The number of rotatable bonds is 6. The minimum Gasteiger partial charge on any atom is -0.748 e. The summed E-state index contributed by atoms with van der Waals surface area (Å²) in [7, 11) is -4.18. The smallest absolute Gasteiger partial charge is 0.265 e. The number of anilines is 1. The van der Waals surface area contributed by atoms with Crippen LogP contribution in [0.4, 0.5) is 5.69 Å². The molecule has 0 N–H and O–H groups in total. The Hall–Kier alpha value is -1.80. The highest BCUT2D eigenvalue weighted by Gasteiger charge is 2.33. The van der Waals surface area contributed by atoms with Gasteiger partial charge in [-0.05, 0) is 44.2 Å². The highest BCUT2D eigenvalue weighted by Crippen LogP contribution is 2.33. The predicted octanol–water partition coefficient (Wildman–Crippen LogP) is 1.59. The van der Waals surface area contributed by atoms with Gasteiger partial charge >= 0.3 is 0 Å². The zero-order valence-electron chi connectivity index (χ0n) is 14.8. The van der Waals surface area contributed by atoms with E-state index in [4.69, 9.17) is 4.74 Å². The highest BCUT2D eigenvalue weighted by molar-refractivity contribution is 7.85. The molecule has 1 atom stereocenters. The lowest BCUT2D eigenvalue weighted by molar-refractivity contribution is -0.139. The molecule has 0 bridgehead atoms. The molecule has 0 spiro atoms. The van der Waals surface area contributed by atoms with Crippen molar-refractivity contribution in [3.63, 3.8) is 0 Å². The number of hydrogen-bond donors (Lipinski definition) is 0. The number of amides is 1. The standard InChI is InChI=1S/C18H26N2O5S/c21-18(19-10-4-1-5-11-19)17-14-20(12-6-7-13-26(22,23)24)15-8-2-3-9-16(15)25-17/h2-3,8-9,17H,1,4-7,10-14H2,(H,22,23,24)/p-1/t17-/m0/s1. The summed E-state index contributed by atoms with van der Waals surface area (Å²) in [6.45, 7) is 2.58. The Kier molecular flexibility index (Phi) is 6.03. The summed E-state index contributed by atoms with van der Waals surface area (Å²) >= 11 is 0. The van der Waals surface area contributed by atoms with Gasteiger partial charge in [-0.3, -0.25) is 4.79 Å². The lowest BCUT2D eigenvalue weighted by atomic mass is 10.1. The maximum atomic E-state index is 12.8. The van der Waals surface area contributed by atoms with Gasteiger partial charge in [-0.2, -0.15) is 0 Å². The van der Waals surface area contributed by atoms with E-state index in [1.165, 1.54) is 0 Å². The SMILES string of the molecule is O=C([C@@H]1CN(CCCCS(=O)(=O)[O-])c2ccccc2O1)N1CCCCC1. The van der Waals surface area contributed by atoms with Gasteiger partial charge in [0, 0.05) is 25.4 Å². The molecular formula is C18H25N2O5S-. The fraction of sp³-hybridized carbons (Fsp3) is 0.611. The monoisotopic (exact) mass is 381 g/mol. The van der Waals surface area contributed by atoms with Crippen LogP contribution in [-0.2, 0) is 14.9 Å². The van der Waals surface area contributed by atoms with Crippen molar-refractivity contribution in [2.75, 3.05) is 36.8 Å². The summed E-state index contributed by atoms with van der Waals surface area (Å²) in [5.41, 5.74) is 0.903. The molecule has 144 valence electrons. The van der Waals surface area contributed by atoms with Gasteiger partial charge in [-0.15, -0.1) is 0 Å². The molecule has 7 nitrogen and oxygen atoms in total. The third kappa shape index (κ3) is 4.88. The molecule has 0 aromatic heterocycles. The average molecular weight is 381 g/mol. The summed E-state index contributed by atoms with van der Waals surface area (Å²) in [5, 5.41) is 0. The van der Waals surface area contributed by atoms with E-state index in [0.717, 1.165) is 38.0 Å². The van der Waals surface area contributed by atoms with Crippen molar-refractivity contribution < 1.29 is 22.5 Å². The van der Waals surface area contributed by atoms with Crippen molar-refractivity contribution in [3.05, 3.63) is 24.3 Å². The fourth-order valence-corrected chi connectivity index (χ4v) is 4.10. The van der Waals surface area contributed by atoms with E-state index in [1.54, 1.807) is 0 Å². The second-order valence-electron chi connectivity index (χ2n) is 6.88. The van der Waals surface area contributed by atoms with Gasteiger partial charge in [-0.1, -0.05) is 12.1 Å². The Bertz CT molecular complexity index is 731. The summed E-state index contributed by atoms with van der Waals surface area (Å²) in [4.78, 5) is 16.8. The minimum absolute atomic E-state index is 0.0198. The van der Waals surface area contributed by atoms with Gasteiger partial charge in [0.1, 0.15) is 5.75 Å². The molecule has 2 heterocycles. The summed E-state index contributed by atoms with van der Waals surface area (Å²) in [6, 6.07) is 7.56. The Morgan fingerprint density at radius 1 is 1.15 bits per heavy atom. The van der Waals surface area contributed by atoms with Gasteiger partial charge in [-0.25, -0.2) is 8.42 Å². The molecule has 2 aliphatic heterocycles. The normalized spacial score (nSPS) is 20.4. The van der Waals surface area contributed by atoms with Crippen LogP contribution in [0.25, 0.3) is 0 Å². The first-order valence-electron chi connectivity index (χ1n) is 9.17. The van der Waals surface area contributed by atoms with E-state index >= 15 is 0 Å². The number of unbranched alkanes of at least 4 members (excludes halogenated alkanes) is 1. The molecule has 1 saturated heterocycles. The summed E-state index contributed by atoms with van der Waals surface area (Å²) in [5.74, 6) is 0.340. The molecule has 0 unspecified atom stereocenters. The second-order valence-corrected chi connectivity index (χ2v) is 8.40. The number of benzene rings is 1. The van der Waals surface area contributed by atoms with Crippen LogP contribution < -0.4 is 9.64 Å². The van der Waals surface area contributed by atoms with Crippen molar-refractivity contribution >= 4 is 21.7 Å². The molecule has 1 aromatic carbocycles. The largest absolute Gasteiger partial charge is 0.748 e. The first-order chi connectivity index (χ1) is 12.4. The topological polar surface area (TPSA) is 90.0 Å². The number of likely N-dealkylation sites (tertiary alicyclic amines) is 1. The van der Waals surface area contributed by atoms with E-state index in [2.05, 4.69) is 4.90 Å². The third-order valence-corrected chi connectivity index (χ3v) is 5.67. The van der Waals surface area contributed by atoms with Crippen molar-refractivity contribution in [3.8, 4) is 5.75 Å². The molecule has 1 fully saturated rings. The van der Waals surface area contributed by atoms with Crippen molar-refractivity contribution in [2.45, 2.75) is 38.2 Å². The molecule has 2 aliphatic rings. The quantitative estimate of drug-likeness (QED) is 0.549. The van der Waals surface area contributed by atoms with Crippen molar-refractivity contribution in [1.82, 2.24) is 4.90 Å². The van der Waals surface area contributed by atoms with Crippen LogP contribution in [-0.4, -0.2) is 61.8 Å². The first kappa shape index (κ1) is 19.0. The first-order valence-corrected chi connectivity index (χ1v) is 10.7. The highest BCUT2D eigenvalue weighted by atomic mass is 32.2. The molecule has 26 heavy (non-hydrogen) atoms. The number of carbonyl (C=O) groups is 1. The minimum atomic E-state index is -4.18. The van der Waals surface area contributed by atoms with Gasteiger partial charge < -0.3 is 19.1 Å². The van der Waals surface area contributed by atoms with E-state index in [1.807, 2.05) is 29.2 Å². The van der Waals surface area contributed by atoms with Crippen LogP contribution in [0, 0.1) is 0 Å². The number of fused-ring (bicyclic) bond motifs is 1. The molecule has 0 saturated carbocycles. The van der Waals surface area contributed by atoms with Crippen LogP contribution in [0.15, 0.2) is 24.3 Å². The lowest BCUT2D eigenvalue weighted by Crippen LogP contribution is -2.51. The number of hydrogen-bond acceptors (Lipinski definition) is 6. The van der Waals surface area contributed by atoms with Crippen LogP contribution in [0.3, 0.4) is 0 Å². The Morgan fingerprint density at radius 3 is 2.62 bits per heavy atom. The second kappa shape index (κ2) is 8.26. The molecule has 0 radical (unpaired) electrons. The number of nitrogens with zero attached hydrogens (tertiary/aromatic N) is 2. The number of carbonyl (C=O) groups excluding carboxylic acids is 1.